The Kier molecular flexibility index (Phi) is 6.65. The molecule has 1 aliphatic heterocycles. The zero-order valence-electron chi connectivity index (χ0n) is 16.3. The predicted molar refractivity (Wildman–Crippen MR) is 103 cm³/mol. The van der Waals surface area contributed by atoms with E-state index in [0.717, 1.165) is 19.8 Å². The van der Waals surface area contributed by atoms with Crippen LogP contribution in [0.5, 0.6) is 0 Å². The standard InChI is InChI=1S/C20H34NO2Si/c1-19(2,3)20(16-23-24(5)6)13-12-18(15-22-4)21(20)14-17-10-8-7-9-11-17/h7-11,18H,12-16H2,1-6H3. The molecule has 2 unspecified atom stereocenters. The van der Waals surface area contributed by atoms with Crippen molar-refractivity contribution in [1.29, 1.82) is 0 Å². The van der Waals surface area contributed by atoms with E-state index in [1.165, 1.54) is 18.4 Å². The molecule has 1 heterocycles. The molecule has 4 heteroatoms. The molecule has 1 aromatic carbocycles. The molecule has 1 saturated heterocycles. The highest BCUT2D eigenvalue weighted by Gasteiger charge is 2.53. The maximum absolute atomic E-state index is 6.27. The first-order valence-corrected chi connectivity index (χ1v) is 11.4. The van der Waals surface area contributed by atoms with Gasteiger partial charge in [-0.1, -0.05) is 51.1 Å². The Morgan fingerprint density at radius 3 is 2.42 bits per heavy atom. The van der Waals surface area contributed by atoms with Gasteiger partial charge in [-0.25, -0.2) is 0 Å². The molecule has 0 amide bonds. The van der Waals surface area contributed by atoms with Crippen LogP contribution in [0.15, 0.2) is 30.3 Å². The minimum absolute atomic E-state index is 0.0635. The molecule has 0 spiro atoms. The quantitative estimate of drug-likeness (QED) is 0.684. The van der Waals surface area contributed by atoms with Gasteiger partial charge in [-0.3, -0.25) is 4.90 Å². The van der Waals surface area contributed by atoms with Gasteiger partial charge in [0, 0.05) is 25.2 Å². The second-order valence-electron chi connectivity index (χ2n) is 8.24. The van der Waals surface area contributed by atoms with Gasteiger partial charge in [-0.05, 0) is 36.9 Å². The average Bonchev–Trinajstić information content (AvgIpc) is 2.86. The SMILES string of the molecule is COCC1CCC(CO[Si](C)C)(C(C)(C)C)N1Cc1ccccc1. The van der Waals surface area contributed by atoms with Gasteiger partial charge < -0.3 is 9.16 Å². The number of benzene rings is 1. The molecule has 0 aliphatic carbocycles. The zero-order valence-corrected chi connectivity index (χ0v) is 17.3. The van der Waals surface area contributed by atoms with E-state index < -0.39 is 9.04 Å². The summed E-state index contributed by atoms with van der Waals surface area (Å²) in [7, 11) is 1.11. The van der Waals surface area contributed by atoms with Crippen LogP contribution in [0.1, 0.15) is 39.2 Å². The molecule has 0 saturated carbocycles. The molecule has 1 aliphatic rings. The van der Waals surface area contributed by atoms with Crippen LogP contribution in [-0.4, -0.2) is 45.8 Å². The van der Waals surface area contributed by atoms with Crippen molar-refractivity contribution in [3.05, 3.63) is 35.9 Å². The molecule has 24 heavy (non-hydrogen) atoms. The van der Waals surface area contributed by atoms with E-state index in [9.17, 15) is 0 Å². The van der Waals surface area contributed by atoms with Crippen LogP contribution in [0.2, 0.25) is 13.1 Å². The lowest BCUT2D eigenvalue weighted by Gasteiger charge is -2.50. The summed E-state index contributed by atoms with van der Waals surface area (Å²) in [6.07, 6.45) is 2.35. The maximum atomic E-state index is 6.27. The number of likely N-dealkylation sites (tertiary alicyclic amines) is 1. The van der Waals surface area contributed by atoms with Gasteiger partial charge in [0.2, 0.25) is 9.04 Å². The third-order valence-corrected chi connectivity index (χ3v) is 6.15. The summed E-state index contributed by atoms with van der Waals surface area (Å²) in [4.78, 5) is 2.68. The fraction of sp³-hybridized carbons (Fsp3) is 0.700. The van der Waals surface area contributed by atoms with E-state index in [-0.39, 0.29) is 11.0 Å². The van der Waals surface area contributed by atoms with Crippen molar-refractivity contribution in [2.75, 3.05) is 20.3 Å². The second-order valence-corrected chi connectivity index (χ2v) is 10.3. The van der Waals surface area contributed by atoms with Gasteiger partial charge in [0.05, 0.1) is 13.2 Å². The average molecular weight is 349 g/mol. The summed E-state index contributed by atoms with van der Waals surface area (Å²) in [5.41, 5.74) is 1.59. The Balaban J connectivity index is 2.34. The van der Waals surface area contributed by atoms with Crippen LogP contribution in [0.3, 0.4) is 0 Å². The highest BCUT2D eigenvalue weighted by Crippen LogP contribution is 2.47. The van der Waals surface area contributed by atoms with Crippen LogP contribution in [-0.2, 0) is 15.7 Å². The molecule has 2 atom stereocenters. The number of nitrogens with zero attached hydrogens (tertiary/aromatic N) is 1. The molecule has 1 radical (unpaired) electrons. The minimum atomic E-state index is -0.701. The fourth-order valence-electron chi connectivity index (χ4n) is 3.92. The summed E-state index contributed by atoms with van der Waals surface area (Å²) >= 11 is 0. The van der Waals surface area contributed by atoms with Crippen molar-refractivity contribution < 1.29 is 9.16 Å². The molecule has 0 N–H and O–H groups in total. The van der Waals surface area contributed by atoms with E-state index >= 15 is 0 Å². The van der Waals surface area contributed by atoms with E-state index in [0.29, 0.717) is 6.04 Å². The van der Waals surface area contributed by atoms with Crippen LogP contribution in [0, 0.1) is 5.41 Å². The second kappa shape index (κ2) is 8.13. The van der Waals surface area contributed by atoms with Crippen LogP contribution in [0.25, 0.3) is 0 Å². The van der Waals surface area contributed by atoms with Crippen LogP contribution in [0.4, 0.5) is 0 Å². The molecule has 3 nitrogen and oxygen atoms in total. The predicted octanol–water partition coefficient (Wildman–Crippen LogP) is 4.35. The maximum Gasteiger partial charge on any atom is 0.204 e. The topological polar surface area (TPSA) is 21.7 Å². The Hall–Kier alpha value is -0.683. The van der Waals surface area contributed by atoms with Gasteiger partial charge in [-0.15, -0.1) is 0 Å². The first kappa shape index (κ1) is 19.6. The van der Waals surface area contributed by atoms with E-state index in [2.05, 4.69) is 69.1 Å². The van der Waals surface area contributed by atoms with E-state index in [1.807, 2.05) is 7.11 Å². The van der Waals surface area contributed by atoms with E-state index in [4.69, 9.17) is 9.16 Å². The van der Waals surface area contributed by atoms with Gasteiger partial charge in [-0.2, -0.15) is 0 Å². The first-order chi connectivity index (χ1) is 11.3. The lowest BCUT2D eigenvalue weighted by atomic mass is 9.72. The van der Waals surface area contributed by atoms with E-state index in [1.54, 1.807) is 0 Å². The Bertz CT molecular complexity index is 500. The molecule has 0 aromatic heterocycles. The zero-order chi connectivity index (χ0) is 17.8. The van der Waals surface area contributed by atoms with Crippen LogP contribution < -0.4 is 0 Å². The smallest absolute Gasteiger partial charge is 0.204 e. The highest BCUT2D eigenvalue weighted by atomic mass is 28.3. The number of ether oxygens (including phenoxy) is 1. The Labute approximate surface area is 150 Å². The van der Waals surface area contributed by atoms with Crippen molar-refractivity contribution >= 4 is 9.04 Å². The van der Waals surface area contributed by atoms with Crippen molar-refractivity contribution in [2.24, 2.45) is 5.41 Å². The lowest BCUT2D eigenvalue weighted by Crippen LogP contribution is -2.59. The summed E-state index contributed by atoms with van der Waals surface area (Å²) in [6, 6.07) is 11.3. The summed E-state index contributed by atoms with van der Waals surface area (Å²) in [5.74, 6) is 0. The van der Waals surface area contributed by atoms with Crippen LogP contribution >= 0.6 is 0 Å². The normalized spacial score (nSPS) is 25.5. The third-order valence-electron chi connectivity index (χ3n) is 5.43. The number of hydrogen-bond acceptors (Lipinski definition) is 3. The fourth-order valence-corrected chi connectivity index (χ4v) is 4.45. The number of methoxy groups -OCH3 is 1. The highest BCUT2D eigenvalue weighted by molar-refractivity contribution is 6.48. The van der Waals surface area contributed by atoms with Crippen molar-refractivity contribution in [3.8, 4) is 0 Å². The largest absolute Gasteiger partial charge is 0.415 e. The number of rotatable bonds is 7. The molecule has 2 rings (SSSR count). The van der Waals surface area contributed by atoms with Gasteiger partial charge in [0.25, 0.3) is 0 Å². The monoisotopic (exact) mass is 348 g/mol. The molecule has 1 aromatic rings. The van der Waals surface area contributed by atoms with Gasteiger partial charge in [0.15, 0.2) is 0 Å². The van der Waals surface area contributed by atoms with Gasteiger partial charge >= 0.3 is 0 Å². The first-order valence-electron chi connectivity index (χ1n) is 9.03. The Morgan fingerprint density at radius 2 is 1.88 bits per heavy atom. The third kappa shape index (κ3) is 4.28. The molecule has 1 fully saturated rings. The molecular weight excluding hydrogens is 314 g/mol. The minimum Gasteiger partial charge on any atom is -0.415 e. The number of hydrogen-bond donors (Lipinski definition) is 0. The summed E-state index contributed by atoms with van der Waals surface area (Å²) in [5, 5.41) is 0. The van der Waals surface area contributed by atoms with Crippen molar-refractivity contribution in [3.63, 3.8) is 0 Å². The molecule has 135 valence electrons. The van der Waals surface area contributed by atoms with Crippen molar-refractivity contribution in [1.82, 2.24) is 4.90 Å². The molecular formula is C20H34NO2Si. The summed E-state index contributed by atoms with van der Waals surface area (Å²) < 4.78 is 11.8. The van der Waals surface area contributed by atoms with Gasteiger partial charge in [0.1, 0.15) is 0 Å². The van der Waals surface area contributed by atoms with Crippen molar-refractivity contribution in [2.45, 2.75) is 64.8 Å². The Morgan fingerprint density at radius 1 is 1.21 bits per heavy atom. The lowest BCUT2D eigenvalue weighted by molar-refractivity contribution is -0.0468. The summed E-state index contributed by atoms with van der Waals surface area (Å²) in [6.45, 7) is 14.1. The molecule has 0 bridgehead atoms.